The number of amides is 2. The zero-order valence-corrected chi connectivity index (χ0v) is 22.7. The number of aromatic nitrogens is 1. The monoisotopic (exact) mass is 606 g/mol. The molecule has 1 heterocycles. The molecule has 5 N–H and O–H groups in total. The van der Waals surface area contributed by atoms with Gasteiger partial charge in [0, 0.05) is 19.2 Å². The van der Waals surface area contributed by atoms with E-state index in [1.165, 1.54) is 12.1 Å². The molecule has 0 fully saturated rings. The summed E-state index contributed by atoms with van der Waals surface area (Å²) in [6.07, 6.45) is -2.00. The molecule has 0 aliphatic heterocycles. The lowest BCUT2D eigenvalue weighted by atomic mass is 9.99. The number of carboxylic acid groups (broad SMARTS) is 2. The van der Waals surface area contributed by atoms with Crippen molar-refractivity contribution < 1.29 is 47.0 Å². The number of carbonyl (C=O) groups excluding carboxylic acids is 2. The topological polar surface area (TPSA) is 158 Å². The fourth-order valence-corrected chi connectivity index (χ4v) is 3.58. The van der Waals surface area contributed by atoms with E-state index in [0.717, 1.165) is 23.4 Å². The summed E-state index contributed by atoms with van der Waals surface area (Å²) in [6.45, 7) is 0.441. The first-order valence-electron chi connectivity index (χ1n) is 12.9. The minimum Gasteiger partial charge on any atom is -0.481 e. The number of unbranched alkanes of at least 4 members (excludes halogenated alkanes) is 1. The van der Waals surface area contributed by atoms with Gasteiger partial charge in [-0.2, -0.15) is 13.2 Å². The number of nitrogens with zero attached hydrogens (tertiary/aromatic N) is 1. The maximum atomic E-state index is 13.2. The third-order valence-corrected chi connectivity index (χ3v) is 5.69. The van der Waals surface area contributed by atoms with Crippen molar-refractivity contribution in [1.29, 1.82) is 0 Å². The summed E-state index contributed by atoms with van der Waals surface area (Å²) < 4.78 is 44.9. The van der Waals surface area contributed by atoms with E-state index in [0.29, 0.717) is 18.5 Å². The summed E-state index contributed by atoms with van der Waals surface area (Å²) in [5.74, 6) is -4.10. The van der Waals surface area contributed by atoms with Crippen LogP contribution in [0.2, 0.25) is 0 Å². The van der Waals surface area contributed by atoms with Crippen LogP contribution in [0.3, 0.4) is 0 Å². The van der Waals surface area contributed by atoms with Gasteiger partial charge in [0.15, 0.2) is 0 Å². The summed E-state index contributed by atoms with van der Waals surface area (Å²) in [7, 11) is 0. The van der Waals surface area contributed by atoms with Crippen LogP contribution in [0.25, 0.3) is 11.1 Å². The molecule has 14 heteroatoms. The molecule has 0 aliphatic carbocycles. The first kappa shape index (κ1) is 34.2. The Morgan fingerprint density at radius 3 is 1.98 bits per heavy atom. The van der Waals surface area contributed by atoms with E-state index in [1.54, 1.807) is 42.6 Å². The molecular formula is C29H30F4N4O6. The van der Waals surface area contributed by atoms with E-state index in [-0.39, 0.29) is 31.1 Å². The molecule has 0 bridgehead atoms. The maximum absolute atomic E-state index is 13.2. The van der Waals surface area contributed by atoms with Crippen molar-refractivity contribution in [3.05, 3.63) is 84.3 Å². The number of carboxylic acids is 2. The van der Waals surface area contributed by atoms with Gasteiger partial charge < -0.3 is 26.2 Å². The van der Waals surface area contributed by atoms with Crippen LogP contribution in [0, 0.1) is 5.82 Å². The third kappa shape index (κ3) is 13.5. The summed E-state index contributed by atoms with van der Waals surface area (Å²) >= 11 is 0. The van der Waals surface area contributed by atoms with Gasteiger partial charge in [-0.3, -0.25) is 14.4 Å². The first-order valence-corrected chi connectivity index (χ1v) is 12.9. The third-order valence-electron chi connectivity index (χ3n) is 5.69. The number of benzene rings is 2. The van der Waals surface area contributed by atoms with Crippen LogP contribution in [-0.2, 0) is 19.2 Å². The van der Waals surface area contributed by atoms with Gasteiger partial charge in [0.2, 0.25) is 11.8 Å². The van der Waals surface area contributed by atoms with E-state index in [1.807, 2.05) is 18.2 Å². The average molecular weight is 607 g/mol. The largest absolute Gasteiger partial charge is 0.490 e. The quantitative estimate of drug-likeness (QED) is 0.140. The second-order valence-electron chi connectivity index (χ2n) is 9.03. The number of carbonyl (C=O) groups is 4. The molecule has 230 valence electrons. The van der Waals surface area contributed by atoms with Gasteiger partial charge >= 0.3 is 18.1 Å². The summed E-state index contributed by atoms with van der Waals surface area (Å²) in [5, 5.41) is 24.8. The molecule has 1 atom stereocenters. The fraction of sp³-hybridized carbons (Fsp3) is 0.276. The number of pyridine rings is 1. The Kier molecular flexibility index (Phi) is 13.6. The van der Waals surface area contributed by atoms with Crippen LogP contribution in [0.15, 0.2) is 72.9 Å². The van der Waals surface area contributed by atoms with Crippen LogP contribution in [0.4, 0.5) is 23.4 Å². The van der Waals surface area contributed by atoms with Crippen molar-refractivity contribution in [3.8, 4) is 11.1 Å². The number of halogens is 4. The van der Waals surface area contributed by atoms with E-state index in [2.05, 4.69) is 20.9 Å². The molecule has 3 aromatic rings. The molecule has 1 aromatic heterocycles. The van der Waals surface area contributed by atoms with Gasteiger partial charge in [-0.15, -0.1) is 0 Å². The normalized spacial score (nSPS) is 11.3. The van der Waals surface area contributed by atoms with Gasteiger partial charge in [-0.25, -0.2) is 14.2 Å². The molecular weight excluding hydrogens is 576 g/mol. The van der Waals surface area contributed by atoms with Crippen LogP contribution < -0.4 is 16.0 Å². The minimum atomic E-state index is -5.08. The Bertz CT molecular complexity index is 1340. The Morgan fingerprint density at radius 1 is 0.837 bits per heavy atom. The highest BCUT2D eigenvalue weighted by Gasteiger charge is 2.38. The molecule has 2 amide bonds. The molecule has 0 saturated carbocycles. The summed E-state index contributed by atoms with van der Waals surface area (Å²) in [5.41, 5.74) is 2.27. The fourth-order valence-electron chi connectivity index (χ4n) is 3.58. The van der Waals surface area contributed by atoms with Crippen molar-refractivity contribution in [2.75, 3.05) is 18.4 Å². The number of alkyl halides is 3. The predicted molar refractivity (Wildman–Crippen MR) is 148 cm³/mol. The lowest BCUT2D eigenvalue weighted by molar-refractivity contribution is -0.192. The molecule has 2 aromatic carbocycles. The van der Waals surface area contributed by atoms with E-state index in [4.69, 9.17) is 9.90 Å². The molecule has 1 unspecified atom stereocenters. The van der Waals surface area contributed by atoms with E-state index >= 15 is 0 Å². The molecule has 43 heavy (non-hydrogen) atoms. The average Bonchev–Trinajstić information content (AvgIpc) is 2.96. The highest BCUT2D eigenvalue weighted by atomic mass is 19.4. The first-order chi connectivity index (χ1) is 20.3. The SMILES string of the molecule is O=C(O)C(F)(F)F.O=C(O)CC(NC(=O)CNC(=O)CCCCNc1ccccn1)c1ccc(-c2ccc(F)cc2)cc1. The van der Waals surface area contributed by atoms with Gasteiger partial charge in [-0.05, 0) is 53.8 Å². The smallest absolute Gasteiger partial charge is 0.481 e. The molecule has 0 radical (unpaired) electrons. The number of rotatable bonds is 13. The van der Waals surface area contributed by atoms with Crippen LogP contribution in [0.1, 0.15) is 37.3 Å². The molecule has 10 nitrogen and oxygen atoms in total. The highest BCUT2D eigenvalue weighted by molar-refractivity contribution is 5.85. The number of aliphatic carboxylic acids is 2. The van der Waals surface area contributed by atoms with Gasteiger partial charge in [0.1, 0.15) is 11.6 Å². The summed E-state index contributed by atoms with van der Waals surface area (Å²) in [4.78, 5) is 48.9. The Balaban J connectivity index is 0.000000821. The number of hydrogen-bond acceptors (Lipinski definition) is 6. The van der Waals surface area contributed by atoms with Crippen molar-refractivity contribution in [2.24, 2.45) is 0 Å². The van der Waals surface area contributed by atoms with Crippen LogP contribution in [-0.4, -0.2) is 58.2 Å². The second kappa shape index (κ2) is 17.1. The van der Waals surface area contributed by atoms with Gasteiger partial charge in [0.25, 0.3) is 0 Å². The number of hydrogen-bond donors (Lipinski definition) is 5. The predicted octanol–water partition coefficient (Wildman–Crippen LogP) is 4.55. The van der Waals surface area contributed by atoms with E-state index in [9.17, 15) is 37.1 Å². The minimum absolute atomic E-state index is 0.241. The molecule has 0 spiro atoms. The highest BCUT2D eigenvalue weighted by Crippen LogP contribution is 2.24. The number of nitrogens with one attached hydrogen (secondary N) is 3. The molecule has 3 rings (SSSR count). The lowest BCUT2D eigenvalue weighted by Crippen LogP contribution is -2.39. The zero-order chi connectivity index (χ0) is 31.8. The summed E-state index contributed by atoms with van der Waals surface area (Å²) in [6, 6.07) is 17.9. The lowest BCUT2D eigenvalue weighted by Gasteiger charge is -2.18. The Labute approximate surface area is 244 Å². The Hall–Kier alpha value is -5.01. The van der Waals surface area contributed by atoms with Crippen molar-refractivity contribution in [3.63, 3.8) is 0 Å². The Morgan fingerprint density at radius 2 is 1.44 bits per heavy atom. The van der Waals surface area contributed by atoms with Crippen molar-refractivity contribution >= 4 is 29.6 Å². The van der Waals surface area contributed by atoms with Crippen LogP contribution in [0.5, 0.6) is 0 Å². The maximum Gasteiger partial charge on any atom is 0.490 e. The van der Waals surface area contributed by atoms with Gasteiger partial charge in [-0.1, -0.05) is 42.5 Å². The molecule has 0 aliphatic rings. The zero-order valence-electron chi connectivity index (χ0n) is 22.7. The number of anilines is 1. The van der Waals surface area contributed by atoms with Gasteiger partial charge in [0.05, 0.1) is 19.0 Å². The molecule has 0 saturated heterocycles. The second-order valence-corrected chi connectivity index (χ2v) is 9.03. The van der Waals surface area contributed by atoms with Crippen molar-refractivity contribution in [1.82, 2.24) is 15.6 Å². The van der Waals surface area contributed by atoms with Crippen molar-refractivity contribution in [2.45, 2.75) is 37.9 Å². The van der Waals surface area contributed by atoms with Crippen LogP contribution >= 0.6 is 0 Å². The standard InChI is InChI=1S/C27H29FN4O4.C2HF3O2/c28-22-13-11-20(12-14-22)19-7-9-21(10-8-19)23(17-27(35)36)32-26(34)18-31-25(33)6-2-4-16-30-24-5-1-3-15-29-24;3-2(4,5)1(6)7/h1,3,5,7-15,23H,2,4,6,16-18H2,(H,29,30)(H,31,33)(H,32,34)(H,35,36);(H,6,7). The van der Waals surface area contributed by atoms with E-state index < -0.39 is 30.1 Å².